The third kappa shape index (κ3) is 4.18. The number of ether oxygens (including phenoxy) is 2. The Morgan fingerprint density at radius 3 is 2.59 bits per heavy atom. The maximum absolute atomic E-state index is 10.3. The Hall–Kier alpha value is -1.97. The molecule has 1 aromatic rings. The zero-order valence-corrected chi connectivity index (χ0v) is 10.1. The lowest BCUT2D eigenvalue weighted by Crippen LogP contribution is -2.18. The van der Waals surface area contributed by atoms with Gasteiger partial charge in [0.25, 0.3) is 0 Å². The molecule has 1 rings (SSSR count). The zero-order chi connectivity index (χ0) is 12.8. The molecule has 0 amide bonds. The molecule has 0 aliphatic heterocycles. The SMILES string of the molecule is COc1cc(/C=C/C(=O)[O-])ccc1OC(C)C. The van der Waals surface area contributed by atoms with E-state index in [1.807, 2.05) is 13.8 Å². The second-order valence-electron chi connectivity index (χ2n) is 3.73. The van der Waals surface area contributed by atoms with Gasteiger partial charge in [-0.2, -0.15) is 0 Å². The van der Waals surface area contributed by atoms with Crippen LogP contribution >= 0.6 is 0 Å². The van der Waals surface area contributed by atoms with Crippen LogP contribution in [0.15, 0.2) is 24.3 Å². The molecule has 0 atom stereocenters. The number of carboxylic acid groups (broad SMARTS) is 1. The normalized spacial score (nSPS) is 10.8. The van der Waals surface area contributed by atoms with Crippen LogP contribution in [0.25, 0.3) is 6.08 Å². The van der Waals surface area contributed by atoms with Crippen molar-refractivity contribution in [1.82, 2.24) is 0 Å². The van der Waals surface area contributed by atoms with Crippen LogP contribution in [0.2, 0.25) is 0 Å². The molecule has 0 spiro atoms. The summed E-state index contributed by atoms with van der Waals surface area (Å²) in [6.45, 7) is 3.84. The lowest BCUT2D eigenvalue weighted by molar-refractivity contribution is -0.297. The summed E-state index contributed by atoms with van der Waals surface area (Å²) in [5, 5.41) is 10.3. The topological polar surface area (TPSA) is 58.6 Å². The minimum Gasteiger partial charge on any atom is -0.545 e. The highest BCUT2D eigenvalue weighted by atomic mass is 16.5. The molecule has 0 aliphatic rings. The average molecular weight is 235 g/mol. The second-order valence-corrected chi connectivity index (χ2v) is 3.73. The first-order valence-corrected chi connectivity index (χ1v) is 5.26. The van der Waals surface area contributed by atoms with Crippen LogP contribution < -0.4 is 14.6 Å². The van der Waals surface area contributed by atoms with Crippen molar-refractivity contribution in [3.8, 4) is 11.5 Å². The van der Waals surface area contributed by atoms with Gasteiger partial charge in [0.1, 0.15) is 0 Å². The van der Waals surface area contributed by atoms with E-state index in [0.29, 0.717) is 17.1 Å². The van der Waals surface area contributed by atoms with E-state index in [1.165, 1.54) is 13.2 Å². The van der Waals surface area contributed by atoms with Crippen LogP contribution in [-0.4, -0.2) is 19.2 Å². The van der Waals surface area contributed by atoms with Crippen molar-refractivity contribution in [3.05, 3.63) is 29.8 Å². The van der Waals surface area contributed by atoms with Crippen LogP contribution in [0.1, 0.15) is 19.4 Å². The van der Waals surface area contributed by atoms with Gasteiger partial charge in [-0.15, -0.1) is 0 Å². The first-order valence-electron chi connectivity index (χ1n) is 5.26. The first-order chi connectivity index (χ1) is 8.02. The van der Waals surface area contributed by atoms with Gasteiger partial charge in [0, 0.05) is 0 Å². The van der Waals surface area contributed by atoms with Gasteiger partial charge in [-0.3, -0.25) is 0 Å². The van der Waals surface area contributed by atoms with Crippen LogP contribution in [0.3, 0.4) is 0 Å². The molecule has 92 valence electrons. The molecule has 4 heteroatoms. The number of aliphatic carboxylic acids is 1. The summed E-state index contributed by atoms with van der Waals surface area (Å²) in [4.78, 5) is 10.3. The van der Waals surface area contributed by atoms with Crippen molar-refractivity contribution in [2.45, 2.75) is 20.0 Å². The van der Waals surface area contributed by atoms with E-state index in [1.54, 1.807) is 18.2 Å². The van der Waals surface area contributed by atoms with Gasteiger partial charge in [-0.05, 0) is 37.6 Å². The average Bonchev–Trinajstić information content (AvgIpc) is 2.26. The number of carboxylic acids is 1. The molecule has 0 saturated heterocycles. The molecular weight excluding hydrogens is 220 g/mol. The third-order valence-corrected chi connectivity index (χ3v) is 1.96. The number of carbonyl (C=O) groups is 1. The Bertz CT molecular complexity index is 421. The minimum absolute atomic E-state index is 0.0495. The van der Waals surface area contributed by atoms with Crippen molar-refractivity contribution >= 4 is 12.0 Å². The predicted octanol–water partition coefficient (Wildman–Crippen LogP) is 1.25. The van der Waals surface area contributed by atoms with E-state index < -0.39 is 5.97 Å². The Morgan fingerprint density at radius 1 is 1.35 bits per heavy atom. The fourth-order valence-electron chi connectivity index (χ4n) is 1.30. The van der Waals surface area contributed by atoms with Crippen molar-refractivity contribution in [1.29, 1.82) is 0 Å². The number of hydrogen-bond donors (Lipinski definition) is 0. The Labute approximate surface area is 100 Å². The van der Waals surface area contributed by atoms with E-state index in [9.17, 15) is 9.90 Å². The fraction of sp³-hybridized carbons (Fsp3) is 0.308. The van der Waals surface area contributed by atoms with Crippen LogP contribution in [-0.2, 0) is 4.79 Å². The van der Waals surface area contributed by atoms with Gasteiger partial charge in [0.2, 0.25) is 0 Å². The molecule has 0 fully saturated rings. The molecular formula is C13H15O4-. The van der Waals surface area contributed by atoms with E-state index in [2.05, 4.69) is 0 Å². The molecule has 0 N–H and O–H groups in total. The summed E-state index contributed by atoms with van der Waals surface area (Å²) < 4.78 is 10.7. The van der Waals surface area contributed by atoms with Gasteiger partial charge in [-0.1, -0.05) is 12.1 Å². The summed E-state index contributed by atoms with van der Waals surface area (Å²) in [7, 11) is 1.54. The lowest BCUT2D eigenvalue weighted by atomic mass is 10.2. The lowest BCUT2D eigenvalue weighted by Gasteiger charge is -2.13. The summed E-state index contributed by atoms with van der Waals surface area (Å²) in [5.74, 6) is -0.0289. The molecule has 0 aromatic heterocycles. The summed E-state index contributed by atoms with van der Waals surface area (Å²) in [6, 6.07) is 5.20. The molecule has 0 radical (unpaired) electrons. The number of hydrogen-bond acceptors (Lipinski definition) is 4. The largest absolute Gasteiger partial charge is 0.545 e. The van der Waals surface area contributed by atoms with Crippen LogP contribution in [0.4, 0.5) is 0 Å². The van der Waals surface area contributed by atoms with Crippen molar-refractivity contribution in [3.63, 3.8) is 0 Å². The quantitative estimate of drug-likeness (QED) is 0.720. The highest BCUT2D eigenvalue weighted by Crippen LogP contribution is 2.29. The Balaban J connectivity index is 2.95. The first kappa shape index (κ1) is 13.1. The van der Waals surface area contributed by atoms with Crippen molar-refractivity contribution in [2.75, 3.05) is 7.11 Å². The molecule has 4 nitrogen and oxygen atoms in total. The van der Waals surface area contributed by atoms with E-state index in [0.717, 1.165) is 6.08 Å². The van der Waals surface area contributed by atoms with Crippen molar-refractivity contribution < 1.29 is 19.4 Å². The van der Waals surface area contributed by atoms with E-state index >= 15 is 0 Å². The molecule has 0 heterocycles. The van der Waals surface area contributed by atoms with Crippen molar-refractivity contribution in [2.24, 2.45) is 0 Å². The number of methoxy groups -OCH3 is 1. The standard InChI is InChI=1S/C13H16O4/c1-9(2)17-11-6-4-10(5-7-13(14)15)8-12(11)16-3/h4-9H,1-3H3,(H,14,15)/p-1/b7-5+. The second kappa shape index (κ2) is 5.94. The highest BCUT2D eigenvalue weighted by molar-refractivity contribution is 5.83. The molecule has 0 bridgehead atoms. The maximum atomic E-state index is 10.3. The number of rotatable bonds is 5. The highest BCUT2D eigenvalue weighted by Gasteiger charge is 2.06. The van der Waals surface area contributed by atoms with Gasteiger partial charge in [-0.25, -0.2) is 0 Å². The van der Waals surface area contributed by atoms with Crippen LogP contribution in [0.5, 0.6) is 11.5 Å². The molecule has 0 unspecified atom stereocenters. The van der Waals surface area contributed by atoms with Gasteiger partial charge < -0.3 is 19.4 Å². The Kier molecular flexibility index (Phi) is 4.57. The number of carbonyl (C=O) groups excluding carboxylic acids is 1. The van der Waals surface area contributed by atoms with Gasteiger partial charge >= 0.3 is 0 Å². The van der Waals surface area contributed by atoms with E-state index in [-0.39, 0.29) is 6.10 Å². The number of benzene rings is 1. The Morgan fingerprint density at radius 2 is 2.06 bits per heavy atom. The maximum Gasteiger partial charge on any atom is 0.161 e. The summed E-state index contributed by atoms with van der Waals surface area (Å²) in [5.41, 5.74) is 0.710. The zero-order valence-electron chi connectivity index (χ0n) is 10.1. The van der Waals surface area contributed by atoms with Gasteiger partial charge in [0.15, 0.2) is 11.5 Å². The molecule has 17 heavy (non-hydrogen) atoms. The third-order valence-electron chi connectivity index (χ3n) is 1.96. The van der Waals surface area contributed by atoms with E-state index in [4.69, 9.17) is 9.47 Å². The molecule has 0 aliphatic carbocycles. The smallest absolute Gasteiger partial charge is 0.161 e. The van der Waals surface area contributed by atoms with Crippen LogP contribution in [0, 0.1) is 0 Å². The fourth-order valence-corrected chi connectivity index (χ4v) is 1.30. The van der Waals surface area contributed by atoms with Gasteiger partial charge in [0.05, 0.1) is 19.2 Å². The summed E-state index contributed by atoms with van der Waals surface area (Å²) in [6.07, 6.45) is 2.46. The summed E-state index contributed by atoms with van der Waals surface area (Å²) >= 11 is 0. The predicted molar refractivity (Wildman–Crippen MR) is 62.8 cm³/mol. The molecule has 0 saturated carbocycles. The monoisotopic (exact) mass is 235 g/mol. The molecule has 1 aromatic carbocycles. The minimum atomic E-state index is -1.23.